The Bertz CT molecular complexity index is 630. The molecule has 1 heterocycles. The molecule has 112 valence electrons. The molecule has 2 rings (SSSR count). The summed E-state index contributed by atoms with van der Waals surface area (Å²) in [4.78, 5) is 26.1. The van der Waals surface area contributed by atoms with Crippen LogP contribution >= 0.6 is 0 Å². The van der Waals surface area contributed by atoms with Crippen LogP contribution in [0.4, 0.5) is 0 Å². The van der Waals surface area contributed by atoms with Gasteiger partial charge in [0.2, 0.25) is 0 Å². The average molecular weight is 287 g/mol. The van der Waals surface area contributed by atoms with Crippen molar-refractivity contribution in [3.63, 3.8) is 0 Å². The minimum absolute atomic E-state index is 0.0204. The van der Waals surface area contributed by atoms with Crippen molar-refractivity contribution in [3.8, 4) is 0 Å². The fourth-order valence-corrected chi connectivity index (χ4v) is 2.58. The van der Waals surface area contributed by atoms with Crippen LogP contribution in [0.25, 0.3) is 5.76 Å². The molecule has 1 aromatic rings. The van der Waals surface area contributed by atoms with Crippen LogP contribution in [0, 0.1) is 13.8 Å². The number of ketones is 1. The van der Waals surface area contributed by atoms with E-state index in [0.717, 1.165) is 11.1 Å². The molecule has 1 N–H and O–H groups in total. The van der Waals surface area contributed by atoms with E-state index in [1.807, 2.05) is 40.7 Å². The molecule has 1 fully saturated rings. The lowest BCUT2D eigenvalue weighted by molar-refractivity contribution is -0.129. The first-order chi connectivity index (χ1) is 9.61. The first kappa shape index (κ1) is 15.3. The highest BCUT2D eigenvalue weighted by molar-refractivity contribution is 6.28. The van der Waals surface area contributed by atoms with Crippen LogP contribution in [0.2, 0.25) is 0 Å². The normalized spacial score (nSPS) is 18.4. The van der Waals surface area contributed by atoms with Gasteiger partial charge in [-0.25, -0.2) is 0 Å². The van der Waals surface area contributed by atoms with E-state index < -0.39 is 11.4 Å². The Morgan fingerprint density at radius 1 is 1.10 bits per heavy atom. The van der Waals surface area contributed by atoms with Gasteiger partial charge in [0, 0.05) is 11.1 Å². The van der Waals surface area contributed by atoms with Crippen molar-refractivity contribution in [1.29, 1.82) is 0 Å². The van der Waals surface area contributed by atoms with Crippen LogP contribution in [0.15, 0.2) is 23.8 Å². The Morgan fingerprint density at radius 3 is 2.05 bits per heavy atom. The van der Waals surface area contributed by atoms with Crippen LogP contribution in [0.1, 0.15) is 37.5 Å². The predicted molar refractivity (Wildman–Crippen MR) is 81.9 cm³/mol. The summed E-state index contributed by atoms with van der Waals surface area (Å²) >= 11 is 0. The number of rotatable bonds is 1. The third kappa shape index (κ3) is 2.84. The van der Waals surface area contributed by atoms with Crippen molar-refractivity contribution in [3.05, 3.63) is 40.5 Å². The van der Waals surface area contributed by atoms with E-state index in [0.29, 0.717) is 5.56 Å². The van der Waals surface area contributed by atoms with Gasteiger partial charge in [-0.05, 0) is 46.8 Å². The van der Waals surface area contributed by atoms with Gasteiger partial charge >= 0.3 is 0 Å². The summed E-state index contributed by atoms with van der Waals surface area (Å²) < 4.78 is 0. The number of aliphatic hydroxyl groups is 1. The Hall–Kier alpha value is -2.10. The molecule has 1 amide bonds. The first-order valence-electron chi connectivity index (χ1n) is 6.98. The first-order valence-corrected chi connectivity index (χ1v) is 6.98. The number of hydrogen-bond acceptors (Lipinski definition) is 3. The smallest absolute Gasteiger partial charge is 0.262 e. The molecule has 4 nitrogen and oxygen atoms in total. The van der Waals surface area contributed by atoms with Crippen LogP contribution in [-0.4, -0.2) is 33.8 Å². The molecule has 1 aliphatic heterocycles. The third-order valence-corrected chi connectivity index (χ3v) is 3.58. The summed E-state index contributed by atoms with van der Waals surface area (Å²) in [5.74, 6) is -0.945. The molecule has 0 bridgehead atoms. The average Bonchev–Trinajstić information content (AvgIpc) is 2.62. The van der Waals surface area contributed by atoms with E-state index in [4.69, 9.17) is 0 Å². The van der Waals surface area contributed by atoms with Crippen LogP contribution < -0.4 is 0 Å². The molecule has 1 saturated heterocycles. The highest BCUT2D eigenvalue weighted by Crippen LogP contribution is 2.28. The Balaban J connectivity index is 2.52. The van der Waals surface area contributed by atoms with Gasteiger partial charge in [0.15, 0.2) is 5.78 Å². The predicted octanol–water partition coefficient (Wildman–Crippen LogP) is 2.78. The number of carbonyl (C=O) groups is 2. The molecule has 1 aromatic carbocycles. The van der Waals surface area contributed by atoms with E-state index in [1.54, 1.807) is 12.1 Å². The van der Waals surface area contributed by atoms with Gasteiger partial charge in [0.25, 0.3) is 5.91 Å². The molecule has 0 saturated carbocycles. The zero-order valence-corrected chi connectivity index (χ0v) is 13.2. The van der Waals surface area contributed by atoms with Gasteiger partial charge in [-0.3, -0.25) is 9.59 Å². The van der Waals surface area contributed by atoms with E-state index in [2.05, 4.69) is 0 Å². The van der Waals surface area contributed by atoms with Crippen molar-refractivity contribution in [2.45, 2.75) is 40.2 Å². The second-order valence-corrected chi connectivity index (χ2v) is 6.59. The topological polar surface area (TPSA) is 57.6 Å². The maximum atomic E-state index is 12.4. The van der Waals surface area contributed by atoms with Gasteiger partial charge in [-0.1, -0.05) is 17.2 Å². The van der Waals surface area contributed by atoms with Gasteiger partial charge in [0.05, 0.1) is 6.54 Å². The SMILES string of the molecule is Cc1cc(C)cc(/C(O)=C2/C(=O)CN(C(C)(C)C)C2=O)c1. The lowest BCUT2D eigenvalue weighted by Gasteiger charge is -2.30. The number of amides is 1. The van der Waals surface area contributed by atoms with E-state index in [9.17, 15) is 14.7 Å². The zero-order chi connectivity index (χ0) is 15.9. The largest absolute Gasteiger partial charge is 0.506 e. The molecule has 0 unspecified atom stereocenters. The van der Waals surface area contributed by atoms with Crippen LogP contribution in [0.5, 0.6) is 0 Å². The minimum atomic E-state index is -0.447. The van der Waals surface area contributed by atoms with E-state index in [-0.39, 0.29) is 23.7 Å². The van der Waals surface area contributed by atoms with Crippen molar-refractivity contribution < 1.29 is 14.7 Å². The number of benzene rings is 1. The maximum Gasteiger partial charge on any atom is 0.262 e. The van der Waals surface area contributed by atoms with Gasteiger partial charge in [0.1, 0.15) is 11.3 Å². The number of likely N-dealkylation sites (tertiary alicyclic amines) is 1. The zero-order valence-electron chi connectivity index (χ0n) is 13.2. The quantitative estimate of drug-likeness (QED) is 0.491. The molecule has 0 radical (unpaired) electrons. The lowest BCUT2D eigenvalue weighted by Crippen LogP contribution is -2.42. The van der Waals surface area contributed by atoms with Crippen LogP contribution in [0.3, 0.4) is 0 Å². The highest BCUT2D eigenvalue weighted by Gasteiger charge is 2.41. The molecular formula is C17H21NO3. The highest BCUT2D eigenvalue weighted by atomic mass is 16.3. The van der Waals surface area contributed by atoms with Crippen molar-refractivity contribution in [2.75, 3.05) is 6.54 Å². The molecule has 1 aliphatic rings. The number of Topliss-reactive ketones (excluding diaryl/α,β-unsaturated/α-hetero) is 1. The molecule has 4 heteroatoms. The summed E-state index contributed by atoms with van der Waals surface area (Å²) in [6, 6.07) is 5.52. The maximum absolute atomic E-state index is 12.4. The van der Waals surface area contributed by atoms with Gasteiger partial charge in [-0.2, -0.15) is 0 Å². The Morgan fingerprint density at radius 2 is 1.62 bits per heavy atom. The molecule has 0 aliphatic carbocycles. The number of aliphatic hydroxyl groups excluding tert-OH is 1. The fraction of sp³-hybridized carbons (Fsp3) is 0.412. The number of carbonyl (C=O) groups excluding carboxylic acids is 2. The second-order valence-electron chi connectivity index (χ2n) is 6.59. The molecule has 0 atom stereocenters. The Kier molecular flexibility index (Phi) is 3.66. The number of aryl methyl sites for hydroxylation is 2. The summed E-state index contributed by atoms with van der Waals surface area (Å²) in [5, 5.41) is 10.4. The third-order valence-electron chi connectivity index (χ3n) is 3.58. The monoisotopic (exact) mass is 287 g/mol. The molecule has 0 spiro atoms. The van der Waals surface area contributed by atoms with Crippen molar-refractivity contribution in [1.82, 2.24) is 4.90 Å². The van der Waals surface area contributed by atoms with E-state index in [1.165, 1.54) is 4.90 Å². The molecular weight excluding hydrogens is 266 g/mol. The van der Waals surface area contributed by atoms with E-state index >= 15 is 0 Å². The van der Waals surface area contributed by atoms with Crippen molar-refractivity contribution >= 4 is 17.4 Å². The lowest BCUT2D eigenvalue weighted by atomic mass is 10.0. The number of hydrogen-bond donors (Lipinski definition) is 1. The fourth-order valence-electron chi connectivity index (χ4n) is 2.58. The summed E-state index contributed by atoms with van der Waals surface area (Å²) in [5.41, 5.74) is 1.91. The van der Waals surface area contributed by atoms with Gasteiger partial charge in [-0.15, -0.1) is 0 Å². The second kappa shape index (κ2) is 5.02. The summed E-state index contributed by atoms with van der Waals surface area (Å²) in [6.07, 6.45) is 0. The summed E-state index contributed by atoms with van der Waals surface area (Å²) in [6.45, 7) is 9.45. The Labute approximate surface area is 125 Å². The van der Waals surface area contributed by atoms with Crippen LogP contribution in [-0.2, 0) is 9.59 Å². The number of nitrogens with zero attached hydrogens (tertiary/aromatic N) is 1. The standard InChI is InChI=1S/C17H21NO3/c1-10-6-11(2)8-12(7-10)15(20)14-13(19)9-18(16(14)21)17(3,4)5/h6-8,20H,9H2,1-5H3/b15-14+. The van der Waals surface area contributed by atoms with Crippen molar-refractivity contribution in [2.24, 2.45) is 0 Å². The molecule has 0 aromatic heterocycles. The summed E-state index contributed by atoms with van der Waals surface area (Å²) in [7, 11) is 0. The minimum Gasteiger partial charge on any atom is -0.506 e. The van der Waals surface area contributed by atoms with Gasteiger partial charge < -0.3 is 10.0 Å². The molecule has 21 heavy (non-hydrogen) atoms.